The molecule has 0 saturated heterocycles. The second-order valence-corrected chi connectivity index (χ2v) is 4.01. The van der Waals surface area contributed by atoms with Gasteiger partial charge in [0.25, 0.3) is 5.91 Å². The third kappa shape index (κ3) is 4.23. The molecule has 0 atom stereocenters. The molecule has 18 heavy (non-hydrogen) atoms. The summed E-state index contributed by atoms with van der Waals surface area (Å²) >= 11 is 5.59. The van der Waals surface area contributed by atoms with Gasteiger partial charge in [-0.05, 0) is 12.1 Å². The van der Waals surface area contributed by atoms with Crippen molar-refractivity contribution in [3.8, 4) is 0 Å². The highest BCUT2D eigenvalue weighted by molar-refractivity contribution is 6.18. The maximum absolute atomic E-state index is 13.0. The number of ether oxygens (including phenoxy) is 1. The summed E-state index contributed by atoms with van der Waals surface area (Å²) in [5.74, 6) is -1.79. The first-order valence-electron chi connectivity index (χ1n) is 5.38. The van der Waals surface area contributed by atoms with Crippen LogP contribution in [0.3, 0.4) is 0 Å². The SMILES string of the molecule is COCCN(CCCl)C(=O)c1cc(F)cc(F)c1. The van der Waals surface area contributed by atoms with Crippen LogP contribution in [0.4, 0.5) is 8.78 Å². The molecule has 1 aromatic rings. The maximum Gasteiger partial charge on any atom is 0.254 e. The van der Waals surface area contributed by atoms with Crippen molar-refractivity contribution in [1.29, 1.82) is 0 Å². The van der Waals surface area contributed by atoms with Crippen LogP contribution < -0.4 is 0 Å². The fourth-order valence-corrected chi connectivity index (χ4v) is 1.68. The topological polar surface area (TPSA) is 29.5 Å². The van der Waals surface area contributed by atoms with E-state index in [-0.39, 0.29) is 11.4 Å². The van der Waals surface area contributed by atoms with Gasteiger partial charge in [0.2, 0.25) is 0 Å². The molecule has 0 bridgehead atoms. The van der Waals surface area contributed by atoms with E-state index in [1.165, 1.54) is 12.0 Å². The fraction of sp³-hybridized carbons (Fsp3) is 0.417. The zero-order valence-corrected chi connectivity index (χ0v) is 10.7. The Labute approximate surface area is 109 Å². The van der Waals surface area contributed by atoms with Crippen molar-refractivity contribution in [2.45, 2.75) is 0 Å². The maximum atomic E-state index is 13.0. The molecule has 0 aliphatic carbocycles. The molecule has 1 amide bonds. The molecular formula is C12H14ClF2NO2. The van der Waals surface area contributed by atoms with Gasteiger partial charge in [0, 0.05) is 37.7 Å². The van der Waals surface area contributed by atoms with Crippen LogP contribution in [0.25, 0.3) is 0 Å². The highest BCUT2D eigenvalue weighted by Crippen LogP contribution is 2.11. The van der Waals surface area contributed by atoms with Gasteiger partial charge in [-0.1, -0.05) is 0 Å². The minimum absolute atomic E-state index is 0.0336. The summed E-state index contributed by atoms with van der Waals surface area (Å²) in [7, 11) is 1.51. The van der Waals surface area contributed by atoms with E-state index in [1.807, 2.05) is 0 Å². The lowest BCUT2D eigenvalue weighted by molar-refractivity contribution is 0.0707. The van der Waals surface area contributed by atoms with E-state index in [9.17, 15) is 13.6 Å². The number of benzene rings is 1. The second kappa shape index (κ2) is 7.28. The average molecular weight is 278 g/mol. The molecule has 0 fully saturated rings. The molecule has 0 aliphatic rings. The monoisotopic (exact) mass is 277 g/mol. The molecule has 0 radical (unpaired) electrons. The van der Waals surface area contributed by atoms with Crippen LogP contribution in [-0.2, 0) is 4.74 Å². The molecule has 1 rings (SSSR count). The third-order valence-electron chi connectivity index (χ3n) is 2.32. The van der Waals surface area contributed by atoms with Crippen molar-refractivity contribution >= 4 is 17.5 Å². The molecule has 100 valence electrons. The molecule has 0 aromatic heterocycles. The Bertz CT molecular complexity index is 395. The summed E-state index contributed by atoms with van der Waals surface area (Å²) < 4.78 is 30.9. The number of methoxy groups -OCH3 is 1. The number of carbonyl (C=O) groups excluding carboxylic acids is 1. The Balaban J connectivity index is 2.86. The molecule has 0 saturated carbocycles. The summed E-state index contributed by atoms with van der Waals surface area (Å²) in [6.07, 6.45) is 0. The van der Waals surface area contributed by atoms with E-state index in [2.05, 4.69) is 0 Å². The van der Waals surface area contributed by atoms with Gasteiger partial charge in [-0.25, -0.2) is 8.78 Å². The third-order valence-corrected chi connectivity index (χ3v) is 2.49. The Hall–Kier alpha value is -1.20. The second-order valence-electron chi connectivity index (χ2n) is 3.63. The average Bonchev–Trinajstić information content (AvgIpc) is 2.32. The van der Waals surface area contributed by atoms with Gasteiger partial charge in [-0.15, -0.1) is 11.6 Å². The number of rotatable bonds is 6. The fourth-order valence-electron chi connectivity index (χ4n) is 1.48. The van der Waals surface area contributed by atoms with E-state index in [1.54, 1.807) is 0 Å². The summed E-state index contributed by atoms with van der Waals surface area (Å²) in [5.41, 5.74) is -0.0336. The minimum Gasteiger partial charge on any atom is -0.383 e. The molecule has 1 aromatic carbocycles. The van der Waals surface area contributed by atoms with Gasteiger partial charge in [0.05, 0.1) is 6.61 Å². The standard InChI is InChI=1S/C12H14ClF2NO2/c1-18-5-4-16(3-2-13)12(17)9-6-10(14)8-11(15)7-9/h6-8H,2-5H2,1H3. The van der Waals surface area contributed by atoms with Crippen LogP contribution in [0.1, 0.15) is 10.4 Å². The highest BCUT2D eigenvalue weighted by atomic mass is 35.5. The lowest BCUT2D eigenvalue weighted by Crippen LogP contribution is -2.35. The largest absolute Gasteiger partial charge is 0.383 e. The highest BCUT2D eigenvalue weighted by Gasteiger charge is 2.16. The zero-order valence-electron chi connectivity index (χ0n) is 9.96. The Kier molecular flexibility index (Phi) is 6.01. The van der Waals surface area contributed by atoms with Gasteiger partial charge in [0.1, 0.15) is 11.6 Å². The van der Waals surface area contributed by atoms with Crippen molar-refractivity contribution < 1.29 is 18.3 Å². The number of amides is 1. The Morgan fingerprint density at radius 2 is 1.89 bits per heavy atom. The van der Waals surface area contributed by atoms with E-state index >= 15 is 0 Å². The van der Waals surface area contributed by atoms with Crippen LogP contribution in [0.15, 0.2) is 18.2 Å². The van der Waals surface area contributed by atoms with Gasteiger partial charge in [-0.2, -0.15) is 0 Å². The van der Waals surface area contributed by atoms with E-state index < -0.39 is 17.5 Å². The molecule has 3 nitrogen and oxygen atoms in total. The summed E-state index contributed by atoms with van der Waals surface area (Å²) in [6, 6.07) is 2.72. The number of nitrogens with zero attached hydrogens (tertiary/aromatic N) is 1. The van der Waals surface area contributed by atoms with Crippen LogP contribution in [0, 0.1) is 11.6 Å². The molecule has 0 heterocycles. The van der Waals surface area contributed by atoms with Gasteiger partial charge in [-0.3, -0.25) is 4.79 Å². The van der Waals surface area contributed by atoms with Crippen molar-refractivity contribution in [3.63, 3.8) is 0 Å². The number of hydrogen-bond donors (Lipinski definition) is 0. The van der Waals surface area contributed by atoms with Crippen LogP contribution in [-0.4, -0.2) is 43.5 Å². The molecule has 0 unspecified atom stereocenters. The normalized spacial score (nSPS) is 10.4. The summed E-state index contributed by atoms with van der Waals surface area (Å²) in [4.78, 5) is 13.4. The first kappa shape index (κ1) is 14.9. The molecular weight excluding hydrogens is 264 g/mol. The van der Waals surface area contributed by atoms with Crippen molar-refractivity contribution in [2.24, 2.45) is 0 Å². The Morgan fingerprint density at radius 3 is 2.39 bits per heavy atom. The van der Waals surface area contributed by atoms with Gasteiger partial charge >= 0.3 is 0 Å². The number of alkyl halides is 1. The van der Waals surface area contributed by atoms with Crippen LogP contribution in [0.2, 0.25) is 0 Å². The molecule has 0 N–H and O–H groups in total. The molecule has 0 spiro atoms. The first-order chi connectivity index (χ1) is 8.58. The van der Waals surface area contributed by atoms with E-state index in [4.69, 9.17) is 16.3 Å². The van der Waals surface area contributed by atoms with Crippen molar-refractivity contribution in [3.05, 3.63) is 35.4 Å². The molecule has 0 aliphatic heterocycles. The van der Waals surface area contributed by atoms with Crippen molar-refractivity contribution in [2.75, 3.05) is 32.7 Å². The van der Waals surface area contributed by atoms with Gasteiger partial charge in [0.15, 0.2) is 0 Å². The van der Waals surface area contributed by atoms with E-state index in [0.717, 1.165) is 18.2 Å². The number of hydrogen-bond acceptors (Lipinski definition) is 2. The summed E-state index contributed by atoms with van der Waals surface area (Å²) in [5, 5.41) is 0. The molecule has 6 heteroatoms. The van der Waals surface area contributed by atoms with Crippen LogP contribution >= 0.6 is 11.6 Å². The zero-order chi connectivity index (χ0) is 13.5. The number of halogens is 3. The van der Waals surface area contributed by atoms with Gasteiger partial charge < -0.3 is 9.64 Å². The van der Waals surface area contributed by atoms with Crippen LogP contribution in [0.5, 0.6) is 0 Å². The van der Waals surface area contributed by atoms with Crippen molar-refractivity contribution in [1.82, 2.24) is 4.90 Å². The minimum atomic E-state index is -0.782. The number of carbonyl (C=O) groups is 1. The lowest BCUT2D eigenvalue weighted by Gasteiger charge is -2.21. The first-order valence-corrected chi connectivity index (χ1v) is 5.92. The Morgan fingerprint density at radius 1 is 1.28 bits per heavy atom. The summed E-state index contributed by atoms with van der Waals surface area (Å²) in [6.45, 7) is 0.947. The smallest absolute Gasteiger partial charge is 0.254 e. The quantitative estimate of drug-likeness (QED) is 0.747. The van der Waals surface area contributed by atoms with E-state index in [0.29, 0.717) is 19.7 Å². The lowest BCUT2D eigenvalue weighted by atomic mass is 10.2. The predicted octanol–water partition coefficient (Wildman–Crippen LogP) is 2.29. The predicted molar refractivity (Wildman–Crippen MR) is 64.9 cm³/mol.